The van der Waals surface area contributed by atoms with Crippen LogP contribution < -0.4 is 10.6 Å². The first-order valence-electron chi connectivity index (χ1n) is 9.56. The van der Waals surface area contributed by atoms with Crippen molar-refractivity contribution < 1.29 is 4.52 Å². The van der Waals surface area contributed by atoms with Gasteiger partial charge in [-0.1, -0.05) is 34.4 Å². The zero-order chi connectivity index (χ0) is 17.7. The Bertz CT molecular complexity index is 796. The molecule has 2 heterocycles. The molecule has 138 valence electrons. The van der Waals surface area contributed by atoms with Gasteiger partial charge in [0.2, 0.25) is 0 Å². The number of aromatic nitrogens is 1. The van der Waals surface area contributed by atoms with Crippen molar-refractivity contribution in [1.82, 2.24) is 10.5 Å². The largest absolute Gasteiger partial charge is 0.378 e. The number of hydrogen-bond donors (Lipinski definition) is 2. The fourth-order valence-electron chi connectivity index (χ4n) is 4.62. The molecule has 0 amide bonds. The highest BCUT2D eigenvalue weighted by Crippen LogP contribution is 2.52. The van der Waals surface area contributed by atoms with Crippen LogP contribution >= 0.6 is 23.2 Å². The minimum Gasteiger partial charge on any atom is -0.378 e. The third-order valence-electron chi connectivity index (χ3n) is 6.24. The molecule has 26 heavy (non-hydrogen) atoms. The molecule has 6 heteroatoms. The van der Waals surface area contributed by atoms with Gasteiger partial charge in [-0.25, -0.2) is 0 Å². The summed E-state index contributed by atoms with van der Waals surface area (Å²) in [5, 5.41) is 12.8. The molecule has 4 nitrogen and oxygen atoms in total. The molecule has 5 rings (SSSR count). The van der Waals surface area contributed by atoms with Crippen molar-refractivity contribution in [3.8, 4) is 11.3 Å². The molecule has 2 aliphatic carbocycles. The predicted octanol–water partition coefficient (Wildman–Crippen LogP) is 5.47. The molecule has 1 aromatic heterocycles. The van der Waals surface area contributed by atoms with Crippen molar-refractivity contribution in [2.75, 3.05) is 18.4 Å². The zero-order valence-electron chi connectivity index (χ0n) is 14.7. The summed E-state index contributed by atoms with van der Waals surface area (Å²) in [6.45, 7) is 2.29. The SMILES string of the molecule is Clc1cccc(Cl)c1-c1noc(C2CC2)c1NC1CC2(CCNCC2)C1. The molecular formula is C20H23Cl2N3O. The van der Waals surface area contributed by atoms with Crippen molar-refractivity contribution in [2.45, 2.75) is 50.5 Å². The molecule has 0 radical (unpaired) electrons. The molecule has 3 fully saturated rings. The van der Waals surface area contributed by atoms with Gasteiger partial charge in [-0.15, -0.1) is 0 Å². The Morgan fingerprint density at radius 2 is 1.81 bits per heavy atom. The number of nitrogens with zero attached hydrogens (tertiary/aromatic N) is 1. The van der Waals surface area contributed by atoms with Crippen LogP contribution in [0.5, 0.6) is 0 Å². The molecule has 2 aromatic rings. The van der Waals surface area contributed by atoms with Crippen LogP contribution in [-0.2, 0) is 0 Å². The van der Waals surface area contributed by atoms with Crippen LogP contribution in [0.25, 0.3) is 11.3 Å². The average molecular weight is 392 g/mol. The lowest BCUT2D eigenvalue weighted by Crippen LogP contribution is -2.50. The van der Waals surface area contributed by atoms with Crippen LogP contribution in [0, 0.1) is 5.41 Å². The first-order chi connectivity index (χ1) is 12.7. The topological polar surface area (TPSA) is 50.1 Å². The maximum Gasteiger partial charge on any atom is 0.163 e. The quantitative estimate of drug-likeness (QED) is 0.725. The van der Waals surface area contributed by atoms with Crippen LogP contribution in [0.3, 0.4) is 0 Å². The summed E-state index contributed by atoms with van der Waals surface area (Å²) >= 11 is 12.9. The van der Waals surface area contributed by atoms with Gasteiger partial charge in [0, 0.05) is 17.5 Å². The van der Waals surface area contributed by atoms with Gasteiger partial charge in [0.25, 0.3) is 0 Å². The highest BCUT2D eigenvalue weighted by Gasteiger charge is 2.45. The molecule has 2 saturated carbocycles. The van der Waals surface area contributed by atoms with Crippen molar-refractivity contribution in [1.29, 1.82) is 0 Å². The van der Waals surface area contributed by atoms with Crippen LogP contribution in [-0.4, -0.2) is 24.3 Å². The number of nitrogens with one attached hydrogen (secondary N) is 2. The van der Waals surface area contributed by atoms with Gasteiger partial charge in [0.05, 0.1) is 10.0 Å². The smallest absolute Gasteiger partial charge is 0.163 e. The Balaban J connectivity index is 1.43. The maximum atomic E-state index is 6.44. The van der Waals surface area contributed by atoms with Gasteiger partial charge in [-0.3, -0.25) is 0 Å². The Morgan fingerprint density at radius 3 is 2.46 bits per heavy atom. The summed E-state index contributed by atoms with van der Waals surface area (Å²) < 4.78 is 5.75. The normalized spacial score (nSPS) is 22.4. The Kier molecular flexibility index (Phi) is 4.18. The highest BCUT2D eigenvalue weighted by molar-refractivity contribution is 6.39. The lowest BCUT2D eigenvalue weighted by molar-refractivity contribution is 0.0718. The van der Waals surface area contributed by atoms with Crippen LogP contribution in [0.15, 0.2) is 22.7 Å². The van der Waals surface area contributed by atoms with Crippen molar-refractivity contribution in [3.05, 3.63) is 34.0 Å². The van der Waals surface area contributed by atoms with Gasteiger partial charge in [-0.2, -0.15) is 0 Å². The minimum atomic E-state index is 0.477. The maximum absolute atomic E-state index is 6.44. The summed E-state index contributed by atoms with van der Waals surface area (Å²) in [4.78, 5) is 0. The number of hydrogen-bond acceptors (Lipinski definition) is 4. The van der Waals surface area contributed by atoms with Crippen molar-refractivity contribution >= 4 is 28.9 Å². The molecule has 1 aromatic carbocycles. The second-order valence-electron chi connectivity index (χ2n) is 8.14. The minimum absolute atomic E-state index is 0.477. The number of piperidine rings is 1. The zero-order valence-corrected chi connectivity index (χ0v) is 16.2. The molecule has 0 bridgehead atoms. The van der Waals surface area contributed by atoms with E-state index in [9.17, 15) is 0 Å². The summed E-state index contributed by atoms with van der Waals surface area (Å²) in [5.41, 5.74) is 3.07. The third kappa shape index (κ3) is 2.92. The molecule has 2 N–H and O–H groups in total. The van der Waals surface area contributed by atoms with E-state index in [-0.39, 0.29) is 0 Å². The van der Waals surface area contributed by atoms with Gasteiger partial charge >= 0.3 is 0 Å². The fraction of sp³-hybridized carbons (Fsp3) is 0.550. The van der Waals surface area contributed by atoms with Crippen LogP contribution in [0.4, 0.5) is 5.69 Å². The van der Waals surface area contributed by atoms with Gasteiger partial charge < -0.3 is 15.2 Å². The van der Waals surface area contributed by atoms with Gasteiger partial charge in [-0.05, 0) is 69.2 Å². The first-order valence-corrected chi connectivity index (χ1v) is 10.3. The van der Waals surface area contributed by atoms with E-state index in [4.69, 9.17) is 27.7 Å². The van der Waals surface area contributed by atoms with E-state index >= 15 is 0 Å². The Morgan fingerprint density at radius 1 is 1.12 bits per heavy atom. The summed E-state index contributed by atoms with van der Waals surface area (Å²) in [6.07, 6.45) is 7.35. The highest BCUT2D eigenvalue weighted by atomic mass is 35.5. The predicted molar refractivity (Wildman–Crippen MR) is 105 cm³/mol. The first kappa shape index (κ1) is 16.9. The second kappa shape index (κ2) is 6.43. The molecule has 0 atom stereocenters. The molecule has 1 spiro atoms. The van der Waals surface area contributed by atoms with E-state index in [0.717, 1.165) is 35.8 Å². The van der Waals surface area contributed by atoms with Gasteiger partial charge in [0.1, 0.15) is 11.4 Å². The molecule has 1 aliphatic heterocycles. The van der Waals surface area contributed by atoms with Crippen molar-refractivity contribution in [2.24, 2.45) is 5.41 Å². The molecule has 0 unspecified atom stereocenters. The molecule has 3 aliphatic rings. The lowest BCUT2D eigenvalue weighted by Gasteiger charge is -2.50. The van der Waals surface area contributed by atoms with E-state index in [1.165, 1.54) is 38.5 Å². The summed E-state index contributed by atoms with van der Waals surface area (Å²) in [6, 6.07) is 6.04. The van der Waals surface area contributed by atoms with Crippen molar-refractivity contribution in [3.63, 3.8) is 0 Å². The van der Waals surface area contributed by atoms with E-state index in [0.29, 0.717) is 27.4 Å². The fourth-order valence-corrected chi connectivity index (χ4v) is 5.19. The molecular weight excluding hydrogens is 369 g/mol. The van der Waals surface area contributed by atoms with E-state index in [1.54, 1.807) is 0 Å². The van der Waals surface area contributed by atoms with E-state index in [1.807, 2.05) is 18.2 Å². The van der Waals surface area contributed by atoms with Crippen LogP contribution in [0.2, 0.25) is 10.0 Å². The number of rotatable bonds is 4. The summed E-state index contributed by atoms with van der Waals surface area (Å²) in [7, 11) is 0. The Labute approximate surface area is 163 Å². The lowest BCUT2D eigenvalue weighted by atomic mass is 9.60. The second-order valence-corrected chi connectivity index (χ2v) is 8.96. The number of benzene rings is 1. The standard InChI is InChI=1S/C20H23Cl2N3O/c21-14-2-1-3-15(22)16(14)17-18(19(26-25-17)12-4-5-12)24-13-10-20(11-13)6-8-23-9-7-20/h1-3,12-13,23-24H,4-11H2. The number of halogens is 2. The Hall–Kier alpha value is -1.23. The number of anilines is 1. The monoisotopic (exact) mass is 391 g/mol. The van der Waals surface area contributed by atoms with Gasteiger partial charge in [0.15, 0.2) is 5.76 Å². The third-order valence-corrected chi connectivity index (χ3v) is 6.87. The molecule has 1 saturated heterocycles. The van der Waals surface area contributed by atoms with Crippen LogP contribution in [0.1, 0.15) is 50.2 Å². The summed E-state index contributed by atoms with van der Waals surface area (Å²) in [5.74, 6) is 1.45. The van der Waals surface area contributed by atoms with E-state index in [2.05, 4.69) is 15.8 Å². The van der Waals surface area contributed by atoms with E-state index < -0.39 is 0 Å². The average Bonchev–Trinajstić information content (AvgIpc) is 3.37.